The van der Waals surface area contributed by atoms with Crippen molar-refractivity contribution in [1.82, 2.24) is 14.8 Å². The van der Waals surface area contributed by atoms with Gasteiger partial charge in [-0.2, -0.15) is 10.1 Å². The molecule has 1 atom stereocenters. The molecule has 4 rings (SSSR count). The summed E-state index contributed by atoms with van der Waals surface area (Å²) in [5.41, 5.74) is 2.02. The molecule has 8 heteroatoms. The third-order valence-corrected chi connectivity index (χ3v) is 6.30. The summed E-state index contributed by atoms with van der Waals surface area (Å²) in [7, 11) is -2.96. The van der Waals surface area contributed by atoms with E-state index in [4.69, 9.17) is 4.42 Å². The monoisotopic (exact) mass is 346 g/mol. The van der Waals surface area contributed by atoms with Gasteiger partial charge in [-0.25, -0.2) is 8.42 Å². The van der Waals surface area contributed by atoms with Crippen molar-refractivity contribution in [1.29, 1.82) is 0 Å². The van der Waals surface area contributed by atoms with Crippen LogP contribution in [0.15, 0.2) is 41.1 Å². The van der Waals surface area contributed by atoms with Crippen molar-refractivity contribution < 1.29 is 12.8 Å². The molecule has 1 fully saturated rings. The zero-order valence-corrected chi connectivity index (χ0v) is 14.1. The Morgan fingerprint density at radius 3 is 2.96 bits per heavy atom. The summed E-state index contributed by atoms with van der Waals surface area (Å²) in [5, 5.41) is 7.49. The maximum Gasteiger partial charge on any atom is 0.295 e. The summed E-state index contributed by atoms with van der Waals surface area (Å²) in [5.74, 6) is 0.361. The van der Waals surface area contributed by atoms with Gasteiger partial charge in [-0.1, -0.05) is 12.1 Å². The zero-order chi connectivity index (χ0) is 16.8. The van der Waals surface area contributed by atoms with Crippen LogP contribution in [-0.2, 0) is 21.9 Å². The van der Waals surface area contributed by atoms with Crippen LogP contribution in [0.5, 0.6) is 0 Å². The lowest BCUT2D eigenvalue weighted by Crippen LogP contribution is -2.31. The summed E-state index contributed by atoms with van der Waals surface area (Å²) in [4.78, 5) is 4.36. The van der Waals surface area contributed by atoms with Crippen molar-refractivity contribution in [2.24, 2.45) is 0 Å². The van der Waals surface area contributed by atoms with Crippen LogP contribution in [0, 0.1) is 0 Å². The maximum atomic E-state index is 11.7. The highest BCUT2D eigenvalue weighted by atomic mass is 32.2. The van der Waals surface area contributed by atoms with Gasteiger partial charge in [0, 0.05) is 18.3 Å². The first-order valence-electron chi connectivity index (χ1n) is 7.78. The first-order chi connectivity index (χ1) is 11.4. The van der Waals surface area contributed by atoms with Crippen LogP contribution in [0.3, 0.4) is 0 Å². The van der Waals surface area contributed by atoms with Gasteiger partial charge < -0.3 is 9.73 Å². The van der Waals surface area contributed by atoms with Gasteiger partial charge >= 0.3 is 0 Å². The molecule has 3 heterocycles. The number of rotatable bonds is 4. The lowest BCUT2D eigenvalue weighted by molar-refractivity contribution is 0.328. The topological polar surface area (TPSA) is 90.0 Å². The largest absolute Gasteiger partial charge is 0.424 e. The highest BCUT2D eigenvalue weighted by molar-refractivity contribution is 7.91. The molecule has 1 aromatic carbocycles. The fourth-order valence-electron chi connectivity index (χ4n) is 3.05. The van der Waals surface area contributed by atoms with Crippen molar-refractivity contribution in [3.63, 3.8) is 0 Å². The first kappa shape index (κ1) is 15.2. The summed E-state index contributed by atoms with van der Waals surface area (Å²) in [6.07, 6.45) is 4.22. The van der Waals surface area contributed by atoms with Crippen LogP contribution >= 0.6 is 0 Å². The fourth-order valence-corrected chi connectivity index (χ4v) is 5.17. The predicted octanol–water partition coefficient (Wildman–Crippen LogP) is 2.17. The van der Waals surface area contributed by atoms with Crippen molar-refractivity contribution in [2.75, 3.05) is 16.8 Å². The molecule has 0 aliphatic carbocycles. The van der Waals surface area contributed by atoms with Gasteiger partial charge in [-0.05, 0) is 25.5 Å². The Labute approximate surface area is 139 Å². The van der Waals surface area contributed by atoms with Crippen LogP contribution in [-0.4, -0.2) is 34.7 Å². The van der Waals surface area contributed by atoms with Crippen LogP contribution in [0.25, 0.3) is 11.1 Å². The van der Waals surface area contributed by atoms with E-state index in [1.54, 1.807) is 10.9 Å². The van der Waals surface area contributed by atoms with Gasteiger partial charge in [0.1, 0.15) is 5.52 Å². The van der Waals surface area contributed by atoms with Crippen LogP contribution in [0.2, 0.25) is 0 Å². The molecule has 0 amide bonds. The van der Waals surface area contributed by atoms with E-state index in [1.807, 2.05) is 37.4 Å². The Morgan fingerprint density at radius 2 is 2.21 bits per heavy atom. The van der Waals surface area contributed by atoms with E-state index in [2.05, 4.69) is 15.4 Å². The van der Waals surface area contributed by atoms with E-state index in [0.29, 0.717) is 19.0 Å². The molecule has 126 valence electrons. The lowest BCUT2D eigenvalue weighted by Gasteiger charge is -2.22. The lowest BCUT2D eigenvalue weighted by atomic mass is 10.0. The number of aromatic nitrogens is 3. The second-order valence-electron chi connectivity index (χ2n) is 6.47. The molecule has 0 bridgehead atoms. The van der Waals surface area contributed by atoms with Crippen LogP contribution < -0.4 is 5.32 Å². The van der Waals surface area contributed by atoms with Crippen molar-refractivity contribution in [2.45, 2.75) is 25.4 Å². The molecular formula is C16H18N4O3S. The Morgan fingerprint density at radius 1 is 1.38 bits per heavy atom. The number of hydrogen-bond donors (Lipinski definition) is 1. The van der Waals surface area contributed by atoms with Gasteiger partial charge in [0.2, 0.25) is 0 Å². The molecule has 7 nitrogen and oxygen atoms in total. The zero-order valence-electron chi connectivity index (χ0n) is 13.3. The van der Waals surface area contributed by atoms with Crippen LogP contribution in [0.4, 0.5) is 6.01 Å². The third-order valence-electron chi connectivity index (χ3n) is 4.41. The van der Waals surface area contributed by atoms with E-state index in [-0.39, 0.29) is 11.5 Å². The van der Waals surface area contributed by atoms with E-state index >= 15 is 0 Å². The average Bonchev–Trinajstić information content (AvgIpc) is 3.22. The second kappa shape index (κ2) is 5.34. The van der Waals surface area contributed by atoms with E-state index < -0.39 is 15.4 Å². The second-order valence-corrected chi connectivity index (χ2v) is 8.66. The van der Waals surface area contributed by atoms with Gasteiger partial charge in [0.15, 0.2) is 15.4 Å². The molecule has 24 heavy (non-hydrogen) atoms. The SMILES string of the molecule is C[C@@]1(n2cc(CNc3nc4ccccc4o3)cn2)CCS(=O)(=O)C1. The average molecular weight is 346 g/mol. The number of benzene rings is 1. The molecule has 0 spiro atoms. The van der Waals surface area contributed by atoms with Crippen molar-refractivity contribution >= 4 is 27.0 Å². The highest BCUT2D eigenvalue weighted by Gasteiger charge is 2.40. The number of para-hydroxylation sites is 2. The Hall–Kier alpha value is -2.35. The normalized spacial score (nSPS) is 22.9. The number of oxazole rings is 1. The smallest absolute Gasteiger partial charge is 0.295 e. The van der Waals surface area contributed by atoms with Gasteiger partial charge in [0.25, 0.3) is 6.01 Å². The summed E-state index contributed by atoms with van der Waals surface area (Å²) in [6.45, 7) is 2.44. The fraction of sp³-hybridized carbons (Fsp3) is 0.375. The molecule has 0 unspecified atom stereocenters. The van der Waals surface area contributed by atoms with E-state index in [0.717, 1.165) is 16.7 Å². The molecule has 1 aliphatic rings. The minimum Gasteiger partial charge on any atom is -0.424 e. The molecule has 1 N–H and O–H groups in total. The van der Waals surface area contributed by atoms with Crippen molar-refractivity contribution in [3.8, 4) is 0 Å². The third kappa shape index (κ3) is 2.77. The predicted molar refractivity (Wildman–Crippen MR) is 90.5 cm³/mol. The molecule has 2 aromatic heterocycles. The molecule has 3 aromatic rings. The number of sulfone groups is 1. The van der Waals surface area contributed by atoms with Gasteiger partial charge in [-0.15, -0.1) is 0 Å². The Bertz CT molecular complexity index is 959. The first-order valence-corrected chi connectivity index (χ1v) is 9.60. The Balaban J connectivity index is 1.47. The number of nitrogens with one attached hydrogen (secondary N) is 1. The van der Waals surface area contributed by atoms with Crippen LogP contribution in [0.1, 0.15) is 18.9 Å². The summed E-state index contributed by atoms with van der Waals surface area (Å²) < 4.78 is 30.9. The molecule has 0 radical (unpaired) electrons. The molecule has 1 aliphatic heterocycles. The number of nitrogens with zero attached hydrogens (tertiary/aromatic N) is 3. The van der Waals surface area contributed by atoms with Crippen molar-refractivity contribution in [3.05, 3.63) is 42.2 Å². The summed E-state index contributed by atoms with van der Waals surface area (Å²) >= 11 is 0. The molecule has 1 saturated heterocycles. The van der Waals surface area contributed by atoms with E-state index in [9.17, 15) is 8.42 Å². The Kier molecular flexibility index (Phi) is 3.38. The highest BCUT2D eigenvalue weighted by Crippen LogP contribution is 2.30. The minimum absolute atomic E-state index is 0.139. The van der Waals surface area contributed by atoms with E-state index in [1.165, 1.54) is 0 Å². The maximum absolute atomic E-state index is 11.7. The standard InChI is InChI=1S/C16H18N4O3S/c1-16(6-7-24(21,22)11-16)20-10-12(9-18-20)8-17-15-19-13-4-2-3-5-14(13)23-15/h2-5,9-10H,6-8,11H2,1H3,(H,17,19)/t16-/m1/s1. The molecular weight excluding hydrogens is 328 g/mol. The number of hydrogen-bond acceptors (Lipinski definition) is 6. The number of fused-ring (bicyclic) bond motifs is 1. The van der Waals surface area contributed by atoms with Gasteiger partial charge in [0.05, 0.1) is 23.2 Å². The quantitative estimate of drug-likeness (QED) is 0.779. The van der Waals surface area contributed by atoms with Gasteiger partial charge in [-0.3, -0.25) is 4.68 Å². The number of anilines is 1. The minimum atomic E-state index is -2.96. The molecule has 0 saturated carbocycles. The summed E-state index contributed by atoms with van der Waals surface area (Å²) in [6, 6.07) is 8.03.